The maximum Gasteiger partial charge on any atom is 0.243 e. The fourth-order valence-electron chi connectivity index (χ4n) is 1.81. The Balaban J connectivity index is 2.35. The number of aliphatic hydroxyl groups excluding tert-OH is 1. The van der Waals surface area contributed by atoms with Gasteiger partial charge in [0.2, 0.25) is 10.0 Å². The van der Waals surface area contributed by atoms with E-state index in [1.165, 1.54) is 10.4 Å². The number of benzene rings is 1. The number of rotatable bonds is 2. The summed E-state index contributed by atoms with van der Waals surface area (Å²) in [4.78, 5) is 0.183. The first-order valence-corrected chi connectivity index (χ1v) is 7.17. The molecule has 1 aliphatic rings. The summed E-state index contributed by atoms with van der Waals surface area (Å²) in [5, 5.41) is 9.81. The van der Waals surface area contributed by atoms with E-state index in [1.54, 1.807) is 12.1 Å². The number of nitrogens with zero attached hydrogens (tertiary/aromatic N) is 1. The molecule has 0 spiro atoms. The molecule has 4 nitrogen and oxygen atoms in total. The van der Waals surface area contributed by atoms with Gasteiger partial charge in [0.25, 0.3) is 0 Å². The Kier molecular flexibility index (Phi) is 3.45. The molecule has 1 N–H and O–H groups in total. The zero-order chi connectivity index (χ0) is 12.6. The molecule has 1 aromatic rings. The van der Waals surface area contributed by atoms with Gasteiger partial charge < -0.3 is 5.11 Å². The molecule has 0 amide bonds. The molecule has 0 saturated carbocycles. The molecule has 1 saturated heterocycles. The number of sulfonamides is 1. The van der Waals surface area contributed by atoms with Gasteiger partial charge in [0.15, 0.2) is 0 Å². The molecule has 1 heterocycles. The maximum atomic E-state index is 12.2. The fraction of sp³-hybridized carbons (Fsp3) is 0.455. The molecule has 17 heavy (non-hydrogen) atoms. The summed E-state index contributed by atoms with van der Waals surface area (Å²) >= 11 is 5.92. The van der Waals surface area contributed by atoms with Crippen molar-refractivity contribution in [1.29, 1.82) is 0 Å². The second kappa shape index (κ2) is 4.57. The minimum absolute atomic E-state index is 0.161. The second-order valence-corrected chi connectivity index (χ2v) is 6.56. The Hall–Kier alpha value is -0.620. The number of aryl methyl sites for hydroxylation is 1. The molecular formula is C11H14ClNO3S. The van der Waals surface area contributed by atoms with E-state index in [-0.39, 0.29) is 11.4 Å². The van der Waals surface area contributed by atoms with Crippen molar-refractivity contribution >= 4 is 21.6 Å². The van der Waals surface area contributed by atoms with Crippen molar-refractivity contribution < 1.29 is 13.5 Å². The molecule has 1 aromatic carbocycles. The highest BCUT2D eigenvalue weighted by atomic mass is 35.5. The quantitative estimate of drug-likeness (QED) is 0.888. The zero-order valence-electron chi connectivity index (χ0n) is 9.43. The average molecular weight is 276 g/mol. The maximum absolute atomic E-state index is 12.2. The van der Waals surface area contributed by atoms with E-state index in [4.69, 9.17) is 11.6 Å². The summed E-state index contributed by atoms with van der Waals surface area (Å²) < 4.78 is 25.7. The molecule has 1 fully saturated rings. The summed E-state index contributed by atoms with van der Waals surface area (Å²) in [5.74, 6) is 0. The minimum Gasteiger partial charge on any atom is -0.392 e. The second-order valence-electron chi connectivity index (χ2n) is 4.22. The molecule has 0 radical (unpaired) electrons. The van der Waals surface area contributed by atoms with Crippen LogP contribution in [-0.2, 0) is 10.0 Å². The summed E-state index contributed by atoms with van der Waals surface area (Å²) in [6.45, 7) is 2.33. The van der Waals surface area contributed by atoms with Crippen LogP contribution in [0.15, 0.2) is 23.1 Å². The third-order valence-corrected chi connectivity index (χ3v) is 5.18. The van der Waals surface area contributed by atoms with Gasteiger partial charge in [0.05, 0.1) is 11.0 Å². The highest BCUT2D eigenvalue weighted by Crippen LogP contribution is 2.25. The summed E-state index contributed by atoms with van der Waals surface area (Å²) in [5.41, 5.74) is 0.840. The lowest BCUT2D eigenvalue weighted by molar-refractivity contribution is 0.189. The van der Waals surface area contributed by atoms with E-state index in [2.05, 4.69) is 0 Å². The predicted octanol–water partition coefficient (Wildman–Crippen LogP) is 1.40. The first-order chi connectivity index (χ1) is 7.91. The van der Waals surface area contributed by atoms with Gasteiger partial charge in [-0.05, 0) is 31.0 Å². The van der Waals surface area contributed by atoms with Crippen LogP contribution < -0.4 is 0 Å². The van der Waals surface area contributed by atoms with Gasteiger partial charge in [-0.25, -0.2) is 8.42 Å². The highest BCUT2D eigenvalue weighted by molar-refractivity contribution is 7.89. The van der Waals surface area contributed by atoms with Gasteiger partial charge in [0, 0.05) is 18.1 Å². The number of hydrogen-bond acceptors (Lipinski definition) is 3. The van der Waals surface area contributed by atoms with Crippen LogP contribution in [0.3, 0.4) is 0 Å². The standard InChI is InChI=1S/C11H14ClNO3S/c1-8-2-3-10(6-11(8)12)17(15,16)13-5-4-9(14)7-13/h2-3,6,9,14H,4-5,7H2,1H3/t9-/m0/s1. The first-order valence-electron chi connectivity index (χ1n) is 5.35. The topological polar surface area (TPSA) is 57.6 Å². The molecular weight excluding hydrogens is 262 g/mol. The fourth-order valence-corrected chi connectivity index (χ4v) is 3.58. The van der Waals surface area contributed by atoms with Gasteiger partial charge in [-0.1, -0.05) is 17.7 Å². The van der Waals surface area contributed by atoms with Crippen molar-refractivity contribution in [3.8, 4) is 0 Å². The molecule has 94 valence electrons. The monoisotopic (exact) mass is 275 g/mol. The van der Waals surface area contributed by atoms with Crippen LogP contribution in [-0.4, -0.2) is 37.0 Å². The molecule has 0 aliphatic carbocycles. The molecule has 0 aromatic heterocycles. The Labute approximate surface area is 106 Å². The van der Waals surface area contributed by atoms with E-state index in [0.717, 1.165) is 5.56 Å². The third kappa shape index (κ3) is 2.47. The van der Waals surface area contributed by atoms with Crippen LogP contribution in [0.1, 0.15) is 12.0 Å². The predicted molar refractivity (Wildman–Crippen MR) is 65.6 cm³/mol. The van der Waals surface area contributed by atoms with E-state index in [0.29, 0.717) is 18.0 Å². The zero-order valence-corrected chi connectivity index (χ0v) is 11.0. The normalized spacial score (nSPS) is 21.9. The summed E-state index contributed by atoms with van der Waals surface area (Å²) in [6.07, 6.45) is -0.0792. The molecule has 0 bridgehead atoms. The summed E-state index contributed by atoms with van der Waals surface area (Å²) in [6, 6.07) is 4.68. The lowest BCUT2D eigenvalue weighted by Gasteiger charge is -2.16. The lowest BCUT2D eigenvalue weighted by Crippen LogP contribution is -2.29. The number of hydrogen-bond donors (Lipinski definition) is 1. The first kappa shape index (κ1) is 12.8. The van der Waals surface area contributed by atoms with Gasteiger partial charge in [-0.2, -0.15) is 4.31 Å². The lowest BCUT2D eigenvalue weighted by atomic mass is 10.2. The number of halogens is 1. The van der Waals surface area contributed by atoms with Crippen LogP contribution in [0.5, 0.6) is 0 Å². The van der Waals surface area contributed by atoms with Crippen molar-refractivity contribution in [2.24, 2.45) is 0 Å². The van der Waals surface area contributed by atoms with Crippen LogP contribution in [0.25, 0.3) is 0 Å². The number of β-amino-alcohol motifs (C(OH)–C–C–N with tert-alkyl or cyclic N) is 1. The van der Waals surface area contributed by atoms with E-state index in [1.807, 2.05) is 6.92 Å². The Morgan fingerprint density at radius 3 is 2.71 bits per heavy atom. The SMILES string of the molecule is Cc1ccc(S(=O)(=O)N2CC[C@H](O)C2)cc1Cl. The van der Waals surface area contributed by atoms with E-state index < -0.39 is 16.1 Å². The highest BCUT2D eigenvalue weighted by Gasteiger charge is 2.31. The van der Waals surface area contributed by atoms with E-state index >= 15 is 0 Å². The van der Waals surface area contributed by atoms with Crippen LogP contribution in [0, 0.1) is 6.92 Å². The van der Waals surface area contributed by atoms with Crippen molar-refractivity contribution in [2.75, 3.05) is 13.1 Å². The Morgan fingerprint density at radius 2 is 2.18 bits per heavy atom. The van der Waals surface area contributed by atoms with Crippen molar-refractivity contribution in [1.82, 2.24) is 4.31 Å². The smallest absolute Gasteiger partial charge is 0.243 e. The molecule has 1 aliphatic heterocycles. The van der Waals surface area contributed by atoms with Crippen LogP contribution >= 0.6 is 11.6 Å². The average Bonchev–Trinajstić information content (AvgIpc) is 2.69. The van der Waals surface area contributed by atoms with Crippen molar-refractivity contribution in [2.45, 2.75) is 24.3 Å². The van der Waals surface area contributed by atoms with Crippen LogP contribution in [0.2, 0.25) is 5.02 Å². The molecule has 0 unspecified atom stereocenters. The van der Waals surface area contributed by atoms with Crippen molar-refractivity contribution in [3.63, 3.8) is 0 Å². The third-order valence-electron chi connectivity index (χ3n) is 2.91. The van der Waals surface area contributed by atoms with Gasteiger partial charge in [-0.3, -0.25) is 0 Å². The largest absolute Gasteiger partial charge is 0.392 e. The van der Waals surface area contributed by atoms with Gasteiger partial charge >= 0.3 is 0 Å². The molecule has 2 rings (SSSR count). The number of aliphatic hydroxyl groups is 1. The molecule has 1 atom stereocenters. The van der Waals surface area contributed by atoms with Crippen LogP contribution in [0.4, 0.5) is 0 Å². The summed E-state index contributed by atoms with van der Waals surface area (Å²) in [7, 11) is -3.52. The van der Waals surface area contributed by atoms with E-state index in [9.17, 15) is 13.5 Å². The Bertz CT molecular complexity index is 530. The van der Waals surface area contributed by atoms with Gasteiger partial charge in [0.1, 0.15) is 0 Å². The van der Waals surface area contributed by atoms with Gasteiger partial charge in [-0.15, -0.1) is 0 Å². The van der Waals surface area contributed by atoms with Crippen molar-refractivity contribution in [3.05, 3.63) is 28.8 Å². The molecule has 6 heteroatoms. The minimum atomic E-state index is -3.52. The Morgan fingerprint density at radius 1 is 1.47 bits per heavy atom.